The van der Waals surface area contributed by atoms with Crippen molar-refractivity contribution in [3.8, 4) is 0 Å². The van der Waals surface area contributed by atoms with E-state index in [1.54, 1.807) is 11.3 Å². The van der Waals surface area contributed by atoms with E-state index in [0.29, 0.717) is 0 Å². The highest BCUT2D eigenvalue weighted by molar-refractivity contribution is 7.09. The Kier molecular flexibility index (Phi) is 3.72. The maximum absolute atomic E-state index is 11.1. The van der Waals surface area contributed by atoms with Crippen molar-refractivity contribution in [2.24, 2.45) is 0 Å². The van der Waals surface area contributed by atoms with Gasteiger partial charge in [0.25, 0.3) is 0 Å². The van der Waals surface area contributed by atoms with E-state index >= 15 is 0 Å². The van der Waals surface area contributed by atoms with Gasteiger partial charge < -0.3 is 5.11 Å². The van der Waals surface area contributed by atoms with Gasteiger partial charge in [0.1, 0.15) is 0 Å². The van der Waals surface area contributed by atoms with Crippen LogP contribution in [0.15, 0.2) is 41.8 Å². The number of aliphatic hydroxyl groups is 1. The predicted molar refractivity (Wildman–Crippen MR) is 80.5 cm³/mol. The fourth-order valence-corrected chi connectivity index (χ4v) is 3.81. The van der Waals surface area contributed by atoms with Gasteiger partial charge >= 0.3 is 0 Å². The van der Waals surface area contributed by atoms with Crippen LogP contribution in [0, 0.1) is 0 Å². The zero-order valence-corrected chi connectivity index (χ0v) is 12.0. The molecule has 0 amide bonds. The molecule has 0 aliphatic heterocycles. The van der Waals surface area contributed by atoms with Crippen molar-refractivity contribution in [1.29, 1.82) is 0 Å². The lowest BCUT2D eigenvalue weighted by Crippen LogP contribution is -2.26. The molecule has 0 saturated carbocycles. The van der Waals surface area contributed by atoms with Gasteiger partial charge in [-0.25, -0.2) is 0 Å². The second kappa shape index (κ2) is 5.48. The summed E-state index contributed by atoms with van der Waals surface area (Å²) in [5.41, 5.74) is 1.88. The molecule has 1 aliphatic carbocycles. The van der Waals surface area contributed by atoms with Crippen LogP contribution in [0.25, 0.3) is 0 Å². The molecule has 1 nitrogen and oxygen atoms in total. The Morgan fingerprint density at radius 3 is 2.84 bits per heavy atom. The molecule has 1 aliphatic rings. The monoisotopic (exact) mass is 272 g/mol. The molecule has 0 radical (unpaired) electrons. The summed E-state index contributed by atoms with van der Waals surface area (Å²) in [5, 5.41) is 13.2. The lowest BCUT2D eigenvalue weighted by atomic mass is 9.84. The fourth-order valence-electron chi connectivity index (χ4n) is 3.10. The largest absolute Gasteiger partial charge is 0.385 e. The molecule has 0 bridgehead atoms. The summed E-state index contributed by atoms with van der Waals surface area (Å²) in [7, 11) is 0. The average Bonchev–Trinajstić information content (AvgIpc) is 2.89. The molecule has 0 spiro atoms. The van der Waals surface area contributed by atoms with Crippen molar-refractivity contribution in [3.05, 3.63) is 57.8 Å². The van der Waals surface area contributed by atoms with Gasteiger partial charge in [0.15, 0.2) is 0 Å². The number of benzene rings is 1. The van der Waals surface area contributed by atoms with Crippen LogP contribution in [0.1, 0.15) is 41.7 Å². The van der Waals surface area contributed by atoms with Crippen LogP contribution < -0.4 is 0 Å². The highest BCUT2D eigenvalue weighted by Gasteiger charge is 2.32. The Bertz CT molecular complexity index is 532. The van der Waals surface area contributed by atoms with Crippen LogP contribution in [0.2, 0.25) is 0 Å². The normalized spacial score (nSPS) is 22.8. The minimum absolute atomic E-state index is 0.628. The quantitative estimate of drug-likeness (QED) is 0.826. The van der Waals surface area contributed by atoms with E-state index in [2.05, 4.69) is 41.8 Å². The maximum Gasteiger partial charge on any atom is 0.0902 e. The van der Waals surface area contributed by atoms with E-state index in [-0.39, 0.29) is 0 Å². The summed E-state index contributed by atoms with van der Waals surface area (Å²) in [4.78, 5) is 1.37. The van der Waals surface area contributed by atoms with Gasteiger partial charge in [-0.05, 0) is 61.1 Å². The Morgan fingerprint density at radius 1 is 1.11 bits per heavy atom. The second-order valence-electron chi connectivity index (χ2n) is 5.48. The number of aryl methyl sites for hydroxylation is 2. The van der Waals surface area contributed by atoms with E-state index in [0.717, 1.165) is 32.1 Å². The average molecular weight is 272 g/mol. The Hall–Kier alpha value is -1.12. The van der Waals surface area contributed by atoms with Crippen LogP contribution in [0.4, 0.5) is 0 Å². The topological polar surface area (TPSA) is 20.2 Å². The fraction of sp³-hybridized carbons (Fsp3) is 0.412. The lowest BCUT2D eigenvalue weighted by Gasteiger charge is -2.29. The Balaban J connectivity index is 1.85. The molecule has 19 heavy (non-hydrogen) atoms. The van der Waals surface area contributed by atoms with Crippen LogP contribution in [0.5, 0.6) is 0 Å². The van der Waals surface area contributed by atoms with Crippen molar-refractivity contribution < 1.29 is 5.11 Å². The molecule has 1 N–H and O–H groups in total. The van der Waals surface area contributed by atoms with E-state index in [9.17, 15) is 5.11 Å². The van der Waals surface area contributed by atoms with Crippen molar-refractivity contribution in [2.45, 2.75) is 44.1 Å². The molecule has 3 rings (SSSR count). The molecule has 100 valence electrons. The van der Waals surface area contributed by atoms with E-state index in [1.807, 2.05) is 0 Å². The van der Waals surface area contributed by atoms with E-state index in [1.165, 1.54) is 22.4 Å². The third-order valence-corrected chi connectivity index (χ3v) is 5.11. The molecule has 2 aromatic rings. The Morgan fingerprint density at radius 2 is 2.00 bits per heavy atom. The number of hydrogen-bond donors (Lipinski definition) is 1. The van der Waals surface area contributed by atoms with Gasteiger partial charge in [0.05, 0.1) is 5.60 Å². The van der Waals surface area contributed by atoms with Crippen molar-refractivity contribution in [3.63, 3.8) is 0 Å². The first-order valence-electron chi connectivity index (χ1n) is 7.11. The van der Waals surface area contributed by atoms with Crippen molar-refractivity contribution >= 4 is 11.3 Å². The standard InChI is InChI=1S/C17H20OS/c18-17(12-10-15-8-5-13-19-15)11-4-3-7-14-6-1-2-9-16(14)17/h1-2,5-6,8-9,13,18H,3-4,7,10-12H2. The highest BCUT2D eigenvalue weighted by atomic mass is 32.1. The first-order valence-corrected chi connectivity index (χ1v) is 7.99. The summed E-state index contributed by atoms with van der Waals surface area (Å²) < 4.78 is 0. The summed E-state index contributed by atoms with van der Waals surface area (Å²) in [6.07, 6.45) is 6.13. The molecule has 1 atom stereocenters. The van der Waals surface area contributed by atoms with Crippen molar-refractivity contribution in [1.82, 2.24) is 0 Å². The molecule has 0 fully saturated rings. The molecule has 2 heteroatoms. The molecule has 1 aromatic carbocycles. The SMILES string of the molecule is OC1(CCc2cccs2)CCCCc2ccccc21. The second-order valence-corrected chi connectivity index (χ2v) is 6.51. The third-order valence-electron chi connectivity index (χ3n) is 4.17. The van der Waals surface area contributed by atoms with Gasteiger partial charge in [-0.2, -0.15) is 0 Å². The highest BCUT2D eigenvalue weighted by Crippen LogP contribution is 2.37. The van der Waals surface area contributed by atoms with Crippen LogP contribution in [0.3, 0.4) is 0 Å². The van der Waals surface area contributed by atoms with Gasteiger partial charge in [-0.3, -0.25) is 0 Å². The van der Waals surface area contributed by atoms with Crippen molar-refractivity contribution in [2.75, 3.05) is 0 Å². The third kappa shape index (κ3) is 2.75. The maximum atomic E-state index is 11.1. The summed E-state index contributed by atoms with van der Waals surface area (Å²) >= 11 is 1.79. The Labute approximate surface area is 118 Å². The van der Waals surface area contributed by atoms with Gasteiger partial charge in [0.2, 0.25) is 0 Å². The zero-order chi connectivity index (χ0) is 13.1. The first-order chi connectivity index (χ1) is 9.28. The summed E-state index contributed by atoms with van der Waals surface area (Å²) in [5.74, 6) is 0. The minimum atomic E-state index is -0.628. The van der Waals surface area contributed by atoms with Crippen LogP contribution in [-0.2, 0) is 18.4 Å². The molecular weight excluding hydrogens is 252 g/mol. The minimum Gasteiger partial charge on any atom is -0.385 e. The number of fused-ring (bicyclic) bond motifs is 1. The smallest absolute Gasteiger partial charge is 0.0902 e. The van der Waals surface area contributed by atoms with Gasteiger partial charge in [-0.15, -0.1) is 11.3 Å². The molecule has 1 aromatic heterocycles. The summed E-state index contributed by atoms with van der Waals surface area (Å²) in [6.45, 7) is 0. The zero-order valence-electron chi connectivity index (χ0n) is 11.1. The number of hydrogen-bond acceptors (Lipinski definition) is 2. The van der Waals surface area contributed by atoms with E-state index in [4.69, 9.17) is 0 Å². The number of thiophene rings is 1. The summed E-state index contributed by atoms with van der Waals surface area (Å²) in [6, 6.07) is 12.7. The molecule has 0 saturated heterocycles. The van der Waals surface area contributed by atoms with E-state index < -0.39 is 5.60 Å². The number of rotatable bonds is 3. The first kappa shape index (κ1) is 12.9. The van der Waals surface area contributed by atoms with Crippen LogP contribution in [-0.4, -0.2) is 5.11 Å². The predicted octanol–water partition coefficient (Wildman–Crippen LogP) is 4.29. The lowest BCUT2D eigenvalue weighted by molar-refractivity contribution is 0.0184. The van der Waals surface area contributed by atoms with Gasteiger partial charge in [-0.1, -0.05) is 30.3 Å². The molecular formula is C17H20OS. The van der Waals surface area contributed by atoms with Gasteiger partial charge in [0, 0.05) is 4.88 Å². The molecule has 1 unspecified atom stereocenters. The van der Waals surface area contributed by atoms with Crippen LogP contribution >= 0.6 is 11.3 Å². The molecule has 1 heterocycles.